The monoisotopic (exact) mass is 211 g/mol. The molecule has 0 aliphatic carbocycles. The lowest BCUT2D eigenvalue weighted by molar-refractivity contribution is 0.224. The SMILES string of the molecule is CCN(C)C(=O)Nc1cc(N)cc(F)c1. The van der Waals surface area contributed by atoms with Gasteiger partial charge in [0.2, 0.25) is 0 Å². The van der Waals surface area contributed by atoms with Crippen molar-refractivity contribution >= 4 is 17.4 Å². The first-order chi connectivity index (χ1) is 7.02. The number of nitrogens with zero attached hydrogens (tertiary/aromatic N) is 1. The van der Waals surface area contributed by atoms with E-state index >= 15 is 0 Å². The fraction of sp³-hybridized carbons (Fsp3) is 0.300. The van der Waals surface area contributed by atoms with Gasteiger partial charge in [-0.25, -0.2) is 9.18 Å². The Labute approximate surface area is 87.9 Å². The topological polar surface area (TPSA) is 58.4 Å². The maximum absolute atomic E-state index is 12.9. The van der Waals surface area contributed by atoms with Crippen molar-refractivity contribution in [2.24, 2.45) is 0 Å². The van der Waals surface area contributed by atoms with Crippen molar-refractivity contribution in [2.45, 2.75) is 6.92 Å². The maximum atomic E-state index is 12.9. The molecular weight excluding hydrogens is 197 g/mol. The van der Waals surface area contributed by atoms with Crippen molar-refractivity contribution in [2.75, 3.05) is 24.6 Å². The van der Waals surface area contributed by atoms with Crippen LogP contribution in [-0.4, -0.2) is 24.5 Å². The van der Waals surface area contributed by atoms with Crippen LogP contribution in [0, 0.1) is 5.82 Å². The average Bonchev–Trinajstić information content (AvgIpc) is 2.14. The Kier molecular flexibility index (Phi) is 3.49. The molecule has 1 rings (SSSR count). The third kappa shape index (κ3) is 3.12. The molecule has 0 aliphatic heterocycles. The Hall–Kier alpha value is -1.78. The first-order valence-electron chi connectivity index (χ1n) is 4.61. The van der Waals surface area contributed by atoms with E-state index in [4.69, 9.17) is 5.73 Å². The molecule has 0 radical (unpaired) electrons. The van der Waals surface area contributed by atoms with Gasteiger partial charge in [-0.05, 0) is 25.1 Å². The smallest absolute Gasteiger partial charge is 0.321 e. The molecule has 0 saturated heterocycles. The second kappa shape index (κ2) is 4.63. The molecule has 0 heterocycles. The van der Waals surface area contributed by atoms with E-state index in [0.29, 0.717) is 12.2 Å². The minimum Gasteiger partial charge on any atom is -0.399 e. The number of benzene rings is 1. The van der Waals surface area contributed by atoms with Crippen LogP contribution in [0.15, 0.2) is 18.2 Å². The summed E-state index contributed by atoms with van der Waals surface area (Å²) < 4.78 is 12.9. The van der Waals surface area contributed by atoms with Crippen LogP contribution in [0.25, 0.3) is 0 Å². The second-order valence-corrected chi connectivity index (χ2v) is 3.22. The number of carbonyl (C=O) groups is 1. The summed E-state index contributed by atoms with van der Waals surface area (Å²) in [5, 5.41) is 2.54. The van der Waals surface area contributed by atoms with Gasteiger partial charge in [0.25, 0.3) is 0 Å². The molecule has 15 heavy (non-hydrogen) atoms. The fourth-order valence-corrected chi connectivity index (χ4v) is 1.05. The highest BCUT2D eigenvalue weighted by Gasteiger charge is 2.07. The minimum atomic E-state index is -0.468. The summed E-state index contributed by atoms with van der Waals surface area (Å²) in [4.78, 5) is 12.9. The summed E-state index contributed by atoms with van der Waals surface area (Å²) in [5.41, 5.74) is 6.08. The molecule has 1 aromatic rings. The minimum absolute atomic E-state index is 0.282. The molecular formula is C10H14FN3O. The number of carbonyl (C=O) groups excluding carboxylic acids is 1. The van der Waals surface area contributed by atoms with Crippen molar-refractivity contribution in [1.29, 1.82) is 0 Å². The Bertz CT molecular complexity index is 347. The molecule has 0 aromatic heterocycles. The van der Waals surface area contributed by atoms with Crippen molar-refractivity contribution < 1.29 is 9.18 Å². The third-order valence-electron chi connectivity index (χ3n) is 1.99. The number of rotatable bonds is 2. The molecule has 0 atom stereocenters. The molecule has 3 N–H and O–H groups in total. The summed E-state index contributed by atoms with van der Waals surface area (Å²) in [6.45, 7) is 2.43. The first kappa shape index (κ1) is 11.3. The van der Waals surface area contributed by atoms with E-state index in [-0.39, 0.29) is 11.7 Å². The van der Waals surface area contributed by atoms with Gasteiger partial charge in [-0.3, -0.25) is 0 Å². The molecule has 2 amide bonds. The summed E-state index contributed by atoms with van der Waals surface area (Å²) >= 11 is 0. The van der Waals surface area contributed by atoms with Gasteiger partial charge in [-0.2, -0.15) is 0 Å². The first-order valence-corrected chi connectivity index (χ1v) is 4.61. The number of amides is 2. The van der Waals surface area contributed by atoms with Crippen LogP contribution >= 0.6 is 0 Å². The molecule has 82 valence electrons. The van der Waals surface area contributed by atoms with E-state index in [0.717, 1.165) is 0 Å². The molecule has 0 aliphatic rings. The largest absolute Gasteiger partial charge is 0.399 e. The molecule has 5 heteroatoms. The highest BCUT2D eigenvalue weighted by molar-refractivity contribution is 5.89. The maximum Gasteiger partial charge on any atom is 0.321 e. The number of hydrogen-bond acceptors (Lipinski definition) is 2. The number of nitrogen functional groups attached to an aromatic ring is 1. The Morgan fingerprint density at radius 2 is 2.20 bits per heavy atom. The molecule has 0 spiro atoms. The predicted molar refractivity (Wildman–Crippen MR) is 58.1 cm³/mol. The van der Waals surface area contributed by atoms with Crippen LogP contribution in [0.3, 0.4) is 0 Å². The molecule has 0 fully saturated rings. The van der Waals surface area contributed by atoms with Crippen molar-refractivity contribution in [3.63, 3.8) is 0 Å². The number of nitrogens with one attached hydrogen (secondary N) is 1. The van der Waals surface area contributed by atoms with Crippen molar-refractivity contribution in [3.8, 4) is 0 Å². The normalized spacial score (nSPS) is 9.80. The highest BCUT2D eigenvalue weighted by atomic mass is 19.1. The van der Waals surface area contributed by atoms with E-state index in [1.165, 1.54) is 23.1 Å². The van der Waals surface area contributed by atoms with Gasteiger partial charge in [0.05, 0.1) is 0 Å². The van der Waals surface area contributed by atoms with E-state index in [2.05, 4.69) is 5.32 Å². The van der Waals surface area contributed by atoms with Crippen molar-refractivity contribution in [1.82, 2.24) is 4.90 Å². The van der Waals surface area contributed by atoms with Gasteiger partial charge in [0.15, 0.2) is 0 Å². The van der Waals surface area contributed by atoms with Gasteiger partial charge in [-0.1, -0.05) is 0 Å². The molecule has 4 nitrogen and oxygen atoms in total. The number of halogens is 1. The van der Waals surface area contributed by atoms with Crippen LogP contribution in [0.1, 0.15) is 6.92 Å². The van der Waals surface area contributed by atoms with Crippen LogP contribution < -0.4 is 11.1 Å². The van der Waals surface area contributed by atoms with Crippen LogP contribution in [0.2, 0.25) is 0 Å². The number of nitrogens with two attached hydrogens (primary N) is 1. The number of anilines is 2. The zero-order valence-electron chi connectivity index (χ0n) is 8.75. The second-order valence-electron chi connectivity index (χ2n) is 3.22. The number of hydrogen-bond donors (Lipinski definition) is 2. The number of urea groups is 1. The molecule has 1 aromatic carbocycles. The van der Waals surface area contributed by atoms with E-state index in [9.17, 15) is 9.18 Å². The zero-order chi connectivity index (χ0) is 11.4. The summed E-state index contributed by atoms with van der Waals surface area (Å²) in [6.07, 6.45) is 0. The Morgan fingerprint density at radius 3 is 2.73 bits per heavy atom. The van der Waals surface area contributed by atoms with E-state index in [1.54, 1.807) is 7.05 Å². The van der Waals surface area contributed by atoms with Gasteiger partial charge in [0, 0.05) is 25.0 Å². The average molecular weight is 211 g/mol. The molecule has 0 saturated carbocycles. The van der Waals surface area contributed by atoms with Crippen LogP contribution in [0.4, 0.5) is 20.6 Å². The highest BCUT2D eigenvalue weighted by Crippen LogP contribution is 2.15. The lowest BCUT2D eigenvalue weighted by Crippen LogP contribution is -2.30. The van der Waals surface area contributed by atoms with Crippen molar-refractivity contribution in [3.05, 3.63) is 24.0 Å². The standard InChI is InChI=1S/C10H14FN3O/c1-3-14(2)10(15)13-9-5-7(11)4-8(12)6-9/h4-6H,3,12H2,1-2H3,(H,13,15). The summed E-state index contributed by atoms with van der Waals surface area (Å²) in [7, 11) is 1.65. The summed E-state index contributed by atoms with van der Waals surface area (Å²) in [6, 6.07) is 3.63. The molecule has 0 bridgehead atoms. The lowest BCUT2D eigenvalue weighted by Gasteiger charge is -2.15. The van der Waals surface area contributed by atoms with E-state index in [1.807, 2.05) is 6.92 Å². The summed E-state index contributed by atoms with van der Waals surface area (Å²) in [5.74, 6) is -0.468. The van der Waals surface area contributed by atoms with Crippen LogP contribution in [-0.2, 0) is 0 Å². The van der Waals surface area contributed by atoms with Gasteiger partial charge in [-0.15, -0.1) is 0 Å². The predicted octanol–water partition coefficient (Wildman–Crippen LogP) is 1.89. The van der Waals surface area contributed by atoms with Gasteiger partial charge in [0.1, 0.15) is 5.82 Å². The third-order valence-corrected chi connectivity index (χ3v) is 1.99. The van der Waals surface area contributed by atoms with Gasteiger partial charge < -0.3 is 16.0 Å². The van der Waals surface area contributed by atoms with Crippen LogP contribution in [0.5, 0.6) is 0 Å². The quantitative estimate of drug-likeness (QED) is 0.734. The molecule has 0 unspecified atom stereocenters. The Balaban J connectivity index is 2.76. The van der Waals surface area contributed by atoms with E-state index < -0.39 is 5.82 Å². The Morgan fingerprint density at radius 1 is 1.53 bits per heavy atom. The lowest BCUT2D eigenvalue weighted by atomic mass is 10.3. The zero-order valence-corrected chi connectivity index (χ0v) is 8.75. The van der Waals surface area contributed by atoms with Gasteiger partial charge >= 0.3 is 6.03 Å². The fourth-order valence-electron chi connectivity index (χ4n) is 1.05.